The highest BCUT2D eigenvalue weighted by Crippen LogP contribution is 2.31. The van der Waals surface area contributed by atoms with Crippen LogP contribution in [-0.4, -0.2) is 49.2 Å². The summed E-state index contributed by atoms with van der Waals surface area (Å²) in [6.45, 7) is 5.55. The van der Waals surface area contributed by atoms with Gasteiger partial charge in [0.05, 0.1) is 25.1 Å². The van der Waals surface area contributed by atoms with Gasteiger partial charge in [0.15, 0.2) is 5.82 Å². The van der Waals surface area contributed by atoms with Gasteiger partial charge in [0.25, 0.3) is 11.9 Å². The summed E-state index contributed by atoms with van der Waals surface area (Å²) in [7, 11) is 1.71. The fourth-order valence-electron chi connectivity index (χ4n) is 3.67. The number of rotatable bonds is 5. The quantitative estimate of drug-likeness (QED) is 0.651. The highest BCUT2D eigenvalue weighted by molar-refractivity contribution is 6.04. The molecule has 0 aliphatic carbocycles. The number of anilines is 2. The van der Waals surface area contributed by atoms with Crippen molar-refractivity contribution < 1.29 is 13.6 Å². The molecule has 3 heterocycles. The Kier molecular flexibility index (Phi) is 5.89. The third kappa shape index (κ3) is 4.32. The second kappa shape index (κ2) is 8.77. The number of tetrazole rings is 1. The molecular formula is C21H22F2N8O. The summed E-state index contributed by atoms with van der Waals surface area (Å²) in [5.41, 5.74) is 2.24. The van der Waals surface area contributed by atoms with Gasteiger partial charge in [0.2, 0.25) is 0 Å². The zero-order chi connectivity index (χ0) is 22.8. The molecule has 32 heavy (non-hydrogen) atoms. The van der Waals surface area contributed by atoms with Crippen LogP contribution in [0.2, 0.25) is 0 Å². The van der Waals surface area contributed by atoms with Crippen LogP contribution in [0.15, 0.2) is 36.2 Å². The summed E-state index contributed by atoms with van der Waals surface area (Å²) in [5.74, 6) is -1.88. The summed E-state index contributed by atoms with van der Waals surface area (Å²) in [5, 5.41) is 14.7. The number of benzene rings is 1. The molecule has 0 atom stereocenters. The van der Waals surface area contributed by atoms with Gasteiger partial charge in [-0.3, -0.25) is 9.78 Å². The van der Waals surface area contributed by atoms with Gasteiger partial charge in [-0.25, -0.2) is 13.8 Å². The van der Waals surface area contributed by atoms with Crippen LogP contribution < -0.4 is 10.2 Å². The van der Waals surface area contributed by atoms with Crippen LogP contribution in [0.25, 0.3) is 5.57 Å². The number of hydrogen-bond donors (Lipinski definition) is 1. The van der Waals surface area contributed by atoms with E-state index < -0.39 is 23.1 Å². The average molecular weight is 440 g/mol. The minimum absolute atomic E-state index is 0.0939. The lowest BCUT2D eigenvalue weighted by atomic mass is 9.89. The maximum absolute atomic E-state index is 13.8. The highest BCUT2D eigenvalue weighted by atomic mass is 19.1. The predicted molar refractivity (Wildman–Crippen MR) is 114 cm³/mol. The molecule has 1 aliphatic heterocycles. The molecule has 0 spiro atoms. The third-order valence-electron chi connectivity index (χ3n) is 5.26. The molecule has 1 amide bonds. The molecule has 166 valence electrons. The molecule has 1 aromatic carbocycles. The van der Waals surface area contributed by atoms with Crippen molar-refractivity contribution in [3.8, 4) is 0 Å². The molecular weight excluding hydrogens is 418 g/mol. The van der Waals surface area contributed by atoms with Crippen molar-refractivity contribution in [3.63, 3.8) is 0 Å². The Morgan fingerprint density at radius 2 is 1.91 bits per heavy atom. The molecule has 11 heteroatoms. The Balaban J connectivity index is 1.56. The van der Waals surface area contributed by atoms with Crippen LogP contribution in [0.3, 0.4) is 0 Å². The van der Waals surface area contributed by atoms with Gasteiger partial charge in [-0.1, -0.05) is 30.6 Å². The molecule has 0 unspecified atom stereocenters. The van der Waals surface area contributed by atoms with Gasteiger partial charge in [0.1, 0.15) is 17.2 Å². The van der Waals surface area contributed by atoms with E-state index in [1.54, 1.807) is 13.2 Å². The summed E-state index contributed by atoms with van der Waals surface area (Å²) >= 11 is 0. The Morgan fingerprint density at radius 1 is 1.16 bits per heavy atom. The molecule has 0 saturated heterocycles. The first kappa shape index (κ1) is 21.5. The smallest absolute Gasteiger partial charge is 0.266 e. The number of hydrogen-bond acceptors (Lipinski definition) is 7. The van der Waals surface area contributed by atoms with E-state index >= 15 is 0 Å². The summed E-state index contributed by atoms with van der Waals surface area (Å²) in [4.78, 5) is 24.4. The normalized spacial score (nSPS) is 14.2. The van der Waals surface area contributed by atoms with Gasteiger partial charge in [-0.15, -0.1) is 5.10 Å². The van der Waals surface area contributed by atoms with Crippen LogP contribution in [0.5, 0.6) is 0 Å². The second-order valence-electron chi connectivity index (χ2n) is 7.75. The molecule has 1 aliphatic rings. The van der Waals surface area contributed by atoms with E-state index in [0.29, 0.717) is 24.1 Å². The Bertz CT molecular complexity index is 1150. The Morgan fingerprint density at radius 3 is 2.50 bits per heavy atom. The number of nitrogens with zero attached hydrogens (tertiary/aromatic N) is 7. The lowest BCUT2D eigenvalue weighted by Gasteiger charge is -2.31. The number of nitrogens with one attached hydrogen (secondary N) is 1. The van der Waals surface area contributed by atoms with Crippen LogP contribution in [0, 0.1) is 17.6 Å². The fraction of sp³-hybridized carbons (Fsp3) is 0.333. The van der Waals surface area contributed by atoms with E-state index in [1.807, 2.05) is 4.90 Å². The molecule has 4 rings (SSSR count). The largest absolute Gasteiger partial charge is 0.333 e. The van der Waals surface area contributed by atoms with Gasteiger partial charge in [-0.05, 0) is 35.3 Å². The topological polar surface area (TPSA) is 102 Å². The van der Waals surface area contributed by atoms with E-state index in [2.05, 4.69) is 44.5 Å². The lowest BCUT2D eigenvalue weighted by Crippen LogP contribution is -2.33. The van der Waals surface area contributed by atoms with Crippen molar-refractivity contribution in [1.82, 2.24) is 30.2 Å². The average Bonchev–Trinajstić information content (AvgIpc) is 3.20. The number of carbonyl (C=O) groups excluding carboxylic acids is 1. The van der Waals surface area contributed by atoms with Gasteiger partial charge < -0.3 is 10.2 Å². The number of aromatic nitrogens is 6. The van der Waals surface area contributed by atoms with Crippen molar-refractivity contribution in [3.05, 3.63) is 59.1 Å². The van der Waals surface area contributed by atoms with E-state index in [1.165, 1.54) is 22.6 Å². The summed E-state index contributed by atoms with van der Waals surface area (Å²) in [6.07, 6.45) is 3.73. The number of amides is 1. The standard InChI is InChI=1S/C21H22F2N8O/c1-12(2)13-7-8-31(21-27-29-30(3)28-21)11-14(13)17-9-25-18(10-24-17)26-20(32)19-15(22)5-4-6-16(19)23/h4-6,9-10,12H,7-8,11H2,1-3H3,(H,25,26,32). The first-order valence-electron chi connectivity index (χ1n) is 10.1. The van der Waals surface area contributed by atoms with Crippen molar-refractivity contribution >= 4 is 23.2 Å². The van der Waals surface area contributed by atoms with Crippen molar-refractivity contribution in [2.24, 2.45) is 13.0 Å². The fourth-order valence-corrected chi connectivity index (χ4v) is 3.67. The maximum atomic E-state index is 13.8. The molecule has 2 aromatic heterocycles. The van der Waals surface area contributed by atoms with Gasteiger partial charge in [-0.2, -0.15) is 4.80 Å². The van der Waals surface area contributed by atoms with Gasteiger partial charge >= 0.3 is 0 Å². The molecule has 0 radical (unpaired) electrons. The molecule has 9 nitrogen and oxygen atoms in total. The van der Waals surface area contributed by atoms with Crippen LogP contribution in [0.4, 0.5) is 20.5 Å². The van der Waals surface area contributed by atoms with Crippen LogP contribution in [0.1, 0.15) is 36.3 Å². The van der Waals surface area contributed by atoms with Gasteiger partial charge in [0, 0.05) is 13.1 Å². The predicted octanol–water partition coefficient (Wildman–Crippen LogP) is 2.85. The summed E-state index contributed by atoms with van der Waals surface area (Å²) in [6, 6.07) is 3.24. The first-order valence-corrected chi connectivity index (χ1v) is 10.1. The monoisotopic (exact) mass is 440 g/mol. The van der Waals surface area contributed by atoms with Crippen LogP contribution >= 0.6 is 0 Å². The maximum Gasteiger partial charge on any atom is 0.266 e. The Labute approximate surface area is 183 Å². The van der Waals surface area contributed by atoms with Crippen molar-refractivity contribution in [2.45, 2.75) is 20.3 Å². The highest BCUT2D eigenvalue weighted by Gasteiger charge is 2.25. The Hall–Kier alpha value is -3.76. The molecule has 0 bridgehead atoms. The van der Waals surface area contributed by atoms with E-state index in [4.69, 9.17) is 0 Å². The molecule has 1 N–H and O–H groups in total. The lowest BCUT2D eigenvalue weighted by molar-refractivity contribution is 0.101. The van der Waals surface area contributed by atoms with E-state index in [9.17, 15) is 13.6 Å². The van der Waals surface area contributed by atoms with Crippen molar-refractivity contribution in [2.75, 3.05) is 23.3 Å². The zero-order valence-corrected chi connectivity index (χ0v) is 17.9. The SMILES string of the molecule is CC(C)C1=C(c2cnc(NC(=O)c3c(F)cccc3F)cn2)CN(c2nnn(C)n2)CC1. The van der Waals surface area contributed by atoms with Crippen molar-refractivity contribution in [1.29, 1.82) is 0 Å². The minimum atomic E-state index is -0.946. The molecule has 0 fully saturated rings. The van der Waals surface area contributed by atoms with E-state index in [0.717, 1.165) is 30.7 Å². The zero-order valence-electron chi connectivity index (χ0n) is 17.9. The summed E-state index contributed by atoms with van der Waals surface area (Å²) < 4.78 is 27.7. The minimum Gasteiger partial charge on any atom is -0.333 e. The third-order valence-corrected chi connectivity index (χ3v) is 5.26. The van der Waals surface area contributed by atoms with E-state index in [-0.39, 0.29) is 5.82 Å². The second-order valence-corrected chi connectivity index (χ2v) is 7.75. The number of carbonyl (C=O) groups is 1. The number of aryl methyl sites for hydroxylation is 1. The molecule has 3 aromatic rings. The molecule has 0 saturated carbocycles. The van der Waals surface area contributed by atoms with Crippen LogP contribution in [-0.2, 0) is 7.05 Å². The first-order chi connectivity index (χ1) is 15.3. The number of halogens is 2.